The molecule has 0 aliphatic heterocycles. The zero-order chi connectivity index (χ0) is 14.8. The minimum atomic E-state index is 0.535. The maximum absolute atomic E-state index is 6.15. The van der Waals surface area contributed by atoms with Crippen LogP contribution in [0.5, 0.6) is 0 Å². The number of nitrogens with one attached hydrogen (secondary N) is 1. The molecule has 4 nitrogen and oxygen atoms in total. The van der Waals surface area contributed by atoms with Crippen LogP contribution in [0, 0.1) is 0 Å². The van der Waals surface area contributed by atoms with Crippen LogP contribution in [-0.2, 0) is 6.42 Å². The summed E-state index contributed by atoms with van der Waals surface area (Å²) < 4.78 is 0. The van der Waals surface area contributed by atoms with E-state index < -0.39 is 0 Å². The summed E-state index contributed by atoms with van der Waals surface area (Å²) in [6.45, 7) is 0. The second-order valence-electron chi connectivity index (χ2n) is 4.65. The van der Waals surface area contributed by atoms with E-state index in [1.165, 1.54) is 0 Å². The van der Waals surface area contributed by atoms with Crippen molar-refractivity contribution >= 4 is 28.9 Å². The third kappa shape index (κ3) is 3.17. The minimum Gasteiger partial charge on any atom is -0.399 e. The van der Waals surface area contributed by atoms with Gasteiger partial charge >= 0.3 is 0 Å². The standard InChI is InChI=1S/C15H12Cl2N4/c16-10-3-6-13(17)12(8-10)15-19-14(20-21-15)7-9-1-4-11(18)5-2-9/h1-6,8H,7,18H2,(H,19,20,21). The summed E-state index contributed by atoms with van der Waals surface area (Å²) in [5.74, 6) is 1.29. The van der Waals surface area contributed by atoms with E-state index in [1.54, 1.807) is 18.2 Å². The highest BCUT2D eigenvalue weighted by Gasteiger charge is 2.10. The molecule has 106 valence electrons. The van der Waals surface area contributed by atoms with Gasteiger partial charge in [-0.15, -0.1) is 0 Å². The van der Waals surface area contributed by atoms with Gasteiger partial charge in [-0.2, -0.15) is 5.10 Å². The van der Waals surface area contributed by atoms with E-state index in [0.29, 0.717) is 27.9 Å². The maximum atomic E-state index is 6.15. The number of aromatic nitrogens is 3. The van der Waals surface area contributed by atoms with Gasteiger partial charge in [0.2, 0.25) is 0 Å². The van der Waals surface area contributed by atoms with Crippen molar-refractivity contribution in [1.82, 2.24) is 15.2 Å². The number of hydrogen-bond acceptors (Lipinski definition) is 3. The smallest absolute Gasteiger partial charge is 0.182 e. The molecule has 0 unspecified atom stereocenters. The molecule has 3 N–H and O–H groups in total. The van der Waals surface area contributed by atoms with E-state index in [0.717, 1.165) is 17.1 Å². The molecule has 0 aliphatic rings. The average molecular weight is 319 g/mol. The monoisotopic (exact) mass is 318 g/mol. The molecule has 0 aliphatic carbocycles. The van der Waals surface area contributed by atoms with Gasteiger partial charge in [-0.3, -0.25) is 5.10 Å². The summed E-state index contributed by atoms with van der Waals surface area (Å²) in [5.41, 5.74) is 8.22. The quantitative estimate of drug-likeness (QED) is 0.718. The molecule has 1 aromatic heterocycles. The SMILES string of the molecule is Nc1ccc(Cc2nc(-c3cc(Cl)ccc3Cl)n[nH]2)cc1. The number of nitrogens with two attached hydrogens (primary N) is 1. The second kappa shape index (κ2) is 5.76. The average Bonchev–Trinajstić information content (AvgIpc) is 2.92. The van der Waals surface area contributed by atoms with Crippen molar-refractivity contribution in [2.24, 2.45) is 0 Å². The predicted molar refractivity (Wildman–Crippen MR) is 85.5 cm³/mol. The minimum absolute atomic E-state index is 0.535. The van der Waals surface area contributed by atoms with Crippen LogP contribution in [0.25, 0.3) is 11.4 Å². The fourth-order valence-electron chi connectivity index (χ4n) is 1.99. The van der Waals surface area contributed by atoms with Crippen molar-refractivity contribution < 1.29 is 0 Å². The number of anilines is 1. The van der Waals surface area contributed by atoms with Gasteiger partial charge < -0.3 is 5.73 Å². The third-order valence-corrected chi connectivity index (χ3v) is 3.62. The summed E-state index contributed by atoms with van der Waals surface area (Å²) in [7, 11) is 0. The largest absolute Gasteiger partial charge is 0.399 e. The van der Waals surface area contributed by atoms with Gasteiger partial charge in [0.15, 0.2) is 5.82 Å². The van der Waals surface area contributed by atoms with Gasteiger partial charge in [0.1, 0.15) is 5.82 Å². The number of benzene rings is 2. The highest BCUT2D eigenvalue weighted by molar-refractivity contribution is 6.35. The third-order valence-electron chi connectivity index (χ3n) is 3.05. The molecule has 0 fully saturated rings. The lowest BCUT2D eigenvalue weighted by Gasteiger charge is -2.00. The highest BCUT2D eigenvalue weighted by atomic mass is 35.5. The molecule has 0 spiro atoms. The van der Waals surface area contributed by atoms with Crippen molar-refractivity contribution in [2.75, 3.05) is 5.73 Å². The predicted octanol–water partition coefficient (Wildman–Crippen LogP) is 3.95. The van der Waals surface area contributed by atoms with Gasteiger partial charge in [0.05, 0.1) is 5.02 Å². The maximum Gasteiger partial charge on any atom is 0.182 e. The van der Waals surface area contributed by atoms with Crippen LogP contribution in [-0.4, -0.2) is 15.2 Å². The molecule has 0 bridgehead atoms. The Morgan fingerprint density at radius 1 is 1.05 bits per heavy atom. The Bertz CT molecular complexity index is 766. The first kappa shape index (κ1) is 13.9. The summed E-state index contributed by atoms with van der Waals surface area (Å²) >= 11 is 12.1. The summed E-state index contributed by atoms with van der Waals surface area (Å²) in [6, 6.07) is 12.9. The van der Waals surface area contributed by atoms with Crippen molar-refractivity contribution in [3.05, 3.63) is 63.9 Å². The molecule has 0 saturated heterocycles. The van der Waals surface area contributed by atoms with Crippen LogP contribution in [0.4, 0.5) is 5.69 Å². The fourth-order valence-corrected chi connectivity index (χ4v) is 2.37. The second-order valence-corrected chi connectivity index (χ2v) is 5.49. The first-order valence-corrected chi connectivity index (χ1v) is 7.08. The van der Waals surface area contributed by atoms with Crippen LogP contribution in [0.2, 0.25) is 10.0 Å². The molecule has 0 radical (unpaired) electrons. The highest BCUT2D eigenvalue weighted by Crippen LogP contribution is 2.28. The lowest BCUT2D eigenvalue weighted by molar-refractivity contribution is 0.973. The number of rotatable bonds is 3. The van der Waals surface area contributed by atoms with E-state index in [2.05, 4.69) is 15.2 Å². The fraction of sp³-hybridized carbons (Fsp3) is 0.0667. The molecule has 21 heavy (non-hydrogen) atoms. The van der Waals surface area contributed by atoms with Crippen LogP contribution in [0.3, 0.4) is 0 Å². The van der Waals surface area contributed by atoms with Crippen molar-refractivity contribution in [1.29, 1.82) is 0 Å². The van der Waals surface area contributed by atoms with Crippen molar-refractivity contribution in [3.8, 4) is 11.4 Å². The first-order valence-electron chi connectivity index (χ1n) is 6.33. The summed E-state index contributed by atoms with van der Waals surface area (Å²) in [5, 5.41) is 8.28. The Morgan fingerprint density at radius 2 is 1.81 bits per heavy atom. The van der Waals surface area contributed by atoms with Gasteiger partial charge in [-0.05, 0) is 35.9 Å². The lowest BCUT2D eigenvalue weighted by Crippen LogP contribution is -1.92. The number of hydrogen-bond donors (Lipinski definition) is 2. The van der Waals surface area contributed by atoms with E-state index in [-0.39, 0.29) is 0 Å². The Kier molecular flexibility index (Phi) is 3.82. The zero-order valence-electron chi connectivity index (χ0n) is 11.0. The molecular formula is C15H12Cl2N4. The normalized spacial score (nSPS) is 10.8. The molecule has 0 amide bonds. The number of aromatic amines is 1. The molecular weight excluding hydrogens is 307 g/mol. The van der Waals surface area contributed by atoms with Crippen LogP contribution in [0.1, 0.15) is 11.4 Å². The van der Waals surface area contributed by atoms with Crippen LogP contribution < -0.4 is 5.73 Å². The molecule has 3 rings (SSSR count). The van der Waals surface area contributed by atoms with Crippen LogP contribution in [0.15, 0.2) is 42.5 Å². The van der Waals surface area contributed by atoms with Crippen molar-refractivity contribution in [2.45, 2.75) is 6.42 Å². The molecule has 1 heterocycles. The van der Waals surface area contributed by atoms with E-state index >= 15 is 0 Å². The van der Waals surface area contributed by atoms with Gasteiger partial charge in [-0.1, -0.05) is 35.3 Å². The topological polar surface area (TPSA) is 67.6 Å². The summed E-state index contributed by atoms with van der Waals surface area (Å²) in [6.07, 6.45) is 0.644. The van der Waals surface area contributed by atoms with Gasteiger partial charge in [0.25, 0.3) is 0 Å². The molecule has 6 heteroatoms. The van der Waals surface area contributed by atoms with E-state index in [9.17, 15) is 0 Å². The number of halogens is 2. The molecule has 0 atom stereocenters. The summed E-state index contributed by atoms with van der Waals surface area (Å²) in [4.78, 5) is 4.46. The number of nitrogens with zero attached hydrogens (tertiary/aromatic N) is 2. The zero-order valence-corrected chi connectivity index (χ0v) is 12.5. The Balaban J connectivity index is 1.86. The van der Waals surface area contributed by atoms with E-state index in [1.807, 2.05) is 24.3 Å². The van der Waals surface area contributed by atoms with E-state index in [4.69, 9.17) is 28.9 Å². The first-order chi connectivity index (χ1) is 10.1. The van der Waals surface area contributed by atoms with Gasteiger partial charge in [-0.25, -0.2) is 4.98 Å². The number of nitrogen functional groups attached to an aromatic ring is 1. The Morgan fingerprint density at radius 3 is 2.57 bits per heavy atom. The van der Waals surface area contributed by atoms with Crippen LogP contribution >= 0.6 is 23.2 Å². The molecule has 3 aromatic rings. The van der Waals surface area contributed by atoms with Crippen molar-refractivity contribution in [3.63, 3.8) is 0 Å². The molecule has 0 saturated carbocycles. The van der Waals surface area contributed by atoms with Gasteiger partial charge in [0, 0.05) is 22.7 Å². The Labute approximate surface area is 131 Å². The lowest BCUT2D eigenvalue weighted by atomic mass is 10.1. The number of H-pyrrole nitrogens is 1. The Hall–Kier alpha value is -2.04. The molecule has 2 aromatic carbocycles.